The fraction of sp³-hybridized carbons (Fsp3) is 0.118. The molecule has 2 N–H and O–H groups in total. The van der Waals surface area contributed by atoms with Gasteiger partial charge in [-0.2, -0.15) is 13.5 Å². The molecule has 11 nitrogen and oxygen atoms in total. The van der Waals surface area contributed by atoms with Gasteiger partial charge in [-0.1, -0.05) is 0 Å². The zero-order chi connectivity index (χ0) is 34.7. The van der Waals surface area contributed by atoms with Gasteiger partial charge in [0.15, 0.2) is 11.6 Å². The Bertz CT molecular complexity index is 2330. The third-order valence-electron chi connectivity index (χ3n) is 7.07. The Morgan fingerprint density at radius 1 is 0.938 bits per heavy atom. The van der Waals surface area contributed by atoms with Gasteiger partial charge in [-0.3, -0.25) is 28.4 Å². The first-order valence-corrected chi connectivity index (χ1v) is 16.1. The number of fused-ring (bicyclic) bond motifs is 1. The molecule has 3 aromatic heterocycles. The molecule has 14 heteroatoms. The summed E-state index contributed by atoms with van der Waals surface area (Å²) in [5.41, 5.74) is 3.64. The molecule has 0 aliphatic carbocycles. The SMILES string of the molecule is CS(=O)(=O)O.Cc1cc(-c2cc3c(cnn3C)cc2Oc2ccc(NC(=O)c3ccc(C)n(-c4ccc(F)cc4)c3=O)cc2F)ccn1. The lowest BCUT2D eigenvalue weighted by atomic mass is 10.0. The van der Waals surface area contributed by atoms with Gasteiger partial charge < -0.3 is 10.1 Å². The summed E-state index contributed by atoms with van der Waals surface area (Å²) in [6.45, 7) is 3.59. The van der Waals surface area contributed by atoms with Crippen molar-refractivity contribution in [2.75, 3.05) is 11.6 Å². The average Bonchev–Trinajstić information content (AvgIpc) is 3.37. The number of nitrogens with one attached hydrogen (secondary N) is 1. The second-order valence-electron chi connectivity index (χ2n) is 10.8. The molecule has 3 aromatic carbocycles. The molecule has 6 aromatic rings. The number of aromatic nitrogens is 4. The molecule has 246 valence electrons. The molecule has 0 radical (unpaired) electrons. The molecule has 0 saturated carbocycles. The molecule has 3 heterocycles. The van der Waals surface area contributed by atoms with Crippen LogP contribution in [0.3, 0.4) is 0 Å². The zero-order valence-electron chi connectivity index (χ0n) is 26.1. The van der Waals surface area contributed by atoms with Gasteiger partial charge in [0, 0.05) is 53.0 Å². The van der Waals surface area contributed by atoms with Gasteiger partial charge in [0.1, 0.15) is 17.1 Å². The van der Waals surface area contributed by atoms with E-state index in [1.807, 2.05) is 32.2 Å². The lowest BCUT2D eigenvalue weighted by Crippen LogP contribution is -2.29. The predicted molar refractivity (Wildman–Crippen MR) is 177 cm³/mol. The van der Waals surface area contributed by atoms with Crippen LogP contribution in [0, 0.1) is 25.5 Å². The molecule has 0 aliphatic heterocycles. The van der Waals surface area contributed by atoms with E-state index in [1.54, 1.807) is 36.1 Å². The number of rotatable bonds is 6. The quantitative estimate of drug-likeness (QED) is 0.198. The van der Waals surface area contributed by atoms with Crippen LogP contribution in [0.4, 0.5) is 14.5 Å². The van der Waals surface area contributed by atoms with Crippen LogP contribution in [0.2, 0.25) is 0 Å². The minimum Gasteiger partial charge on any atom is -0.454 e. The fourth-order valence-corrected chi connectivity index (χ4v) is 4.89. The standard InChI is InChI=1S/C33H25F2N5O3.CH4O3S/c1-19-14-21(12-13-36-19)27-17-29-22(18-37-39(29)3)15-31(27)43-30-11-7-24(16-28(30)35)38-32(41)26-10-4-20(2)40(33(26)42)25-8-5-23(34)6-9-25;1-5(2,3)4/h4-18H,1-3H3,(H,38,41);1H3,(H,2,3,4). The molecule has 0 saturated heterocycles. The Labute approximate surface area is 273 Å². The molecule has 0 atom stereocenters. The van der Waals surface area contributed by atoms with Crippen molar-refractivity contribution in [2.24, 2.45) is 7.05 Å². The number of halogens is 2. The molecular weight excluding hydrogens is 644 g/mol. The lowest BCUT2D eigenvalue weighted by molar-refractivity contribution is 0.102. The minimum atomic E-state index is -3.67. The topological polar surface area (TPSA) is 145 Å². The number of carbonyl (C=O) groups is 1. The number of hydrogen-bond acceptors (Lipinski definition) is 7. The normalized spacial score (nSPS) is 11.1. The number of ether oxygens (including phenoxy) is 1. The van der Waals surface area contributed by atoms with E-state index < -0.39 is 33.2 Å². The summed E-state index contributed by atoms with van der Waals surface area (Å²) in [4.78, 5) is 30.5. The minimum absolute atomic E-state index is 0.0535. The molecule has 0 spiro atoms. The number of hydrogen-bond donors (Lipinski definition) is 2. The lowest BCUT2D eigenvalue weighted by Gasteiger charge is -2.14. The molecule has 1 amide bonds. The van der Waals surface area contributed by atoms with Crippen LogP contribution in [-0.4, -0.2) is 44.5 Å². The highest BCUT2D eigenvalue weighted by atomic mass is 32.2. The molecule has 0 aliphatic rings. The first-order chi connectivity index (χ1) is 22.7. The number of carbonyl (C=O) groups excluding carboxylic acids is 1. The Balaban J connectivity index is 0.000000840. The van der Waals surface area contributed by atoms with Gasteiger partial charge in [-0.05, 0) is 92.2 Å². The van der Waals surface area contributed by atoms with Gasteiger partial charge in [-0.15, -0.1) is 0 Å². The first kappa shape index (κ1) is 33.6. The van der Waals surface area contributed by atoms with Crippen molar-refractivity contribution in [3.8, 4) is 28.3 Å². The van der Waals surface area contributed by atoms with E-state index in [0.717, 1.165) is 33.8 Å². The summed E-state index contributed by atoms with van der Waals surface area (Å²) in [7, 11) is -1.83. The van der Waals surface area contributed by atoms with E-state index in [4.69, 9.17) is 9.29 Å². The predicted octanol–water partition coefficient (Wildman–Crippen LogP) is 6.23. The Morgan fingerprint density at radius 2 is 1.65 bits per heavy atom. The second kappa shape index (κ2) is 13.6. The average molecular weight is 674 g/mol. The second-order valence-corrected chi connectivity index (χ2v) is 12.3. The maximum absolute atomic E-state index is 15.4. The van der Waals surface area contributed by atoms with E-state index in [9.17, 15) is 22.4 Å². The number of aryl methyl sites for hydroxylation is 3. The van der Waals surface area contributed by atoms with Crippen LogP contribution in [0.25, 0.3) is 27.7 Å². The fourth-order valence-electron chi connectivity index (χ4n) is 4.89. The van der Waals surface area contributed by atoms with Gasteiger partial charge in [0.25, 0.3) is 21.6 Å². The third kappa shape index (κ3) is 7.79. The summed E-state index contributed by atoms with van der Waals surface area (Å²) < 4.78 is 63.8. The molecule has 0 fully saturated rings. The van der Waals surface area contributed by atoms with Crippen LogP contribution in [0.1, 0.15) is 21.7 Å². The Kier molecular flexibility index (Phi) is 9.50. The smallest absolute Gasteiger partial charge is 0.268 e. The van der Waals surface area contributed by atoms with E-state index in [1.165, 1.54) is 47.0 Å². The van der Waals surface area contributed by atoms with Crippen LogP contribution in [0.5, 0.6) is 11.5 Å². The molecule has 6 rings (SSSR count). The van der Waals surface area contributed by atoms with Crippen molar-refractivity contribution >= 4 is 32.6 Å². The highest BCUT2D eigenvalue weighted by Gasteiger charge is 2.18. The van der Waals surface area contributed by atoms with Crippen LogP contribution < -0.4 is 15.6 Å². The number of benzene rings is 3. The summed E-state index contributed by atoms with van der Waals surface area (Å²) >= 11 is 0. The van der Waals surface area contributed by atoms with Crippen molar-refractivity contribution in [3.63, 3.8) is 0 Å². The van der Waals surface area contributed by atoms with Gasteiger partial charge >= 0.3 is 0 Å². The largest absolute Gasteiger partial charge is 0.454 e. The summed E-state index contributed by atoms with van der Waals surface area (Å²) in [6, 6.07) is 19.9. The van der Waals surface area contributed by atoms with Crippen molar-refractivity contribution in [2.45, 2.75) is 13.8 Å². The summed E-state index contributed by atoms with van der Waals surface area (Å²) in [5, 5.41) is 7.71. The number of pyridine rings is 2. The molecule has 0 bridgehead atoms. The highest BCUT2D eigenvalue weighted by Crippen LogP contribution is 2.38. The van der Waals surface area contributed by atoms with E-state index in [2.05, 4.69) is 15.4 Å². The van der Waals surface area contributed by atoms with Crippen molar-refractivity contribution in [1.29, 1.82) is 0 Å². The zero-order valence-corrected chi connectivity index (χ0v) is 26.9. The maximum Gasteiger partial charge on any atom is 0.268 e. The molecule has 0 unspecified atom stereocenters. The number of amides is 1. The Morgan fingerprint density at radius 3 is 2.31 bits per heavy atom. The van der Waals surface area contributed by atoms with Gasteiger partial charge in [0.05, 0.1) is 18.0 Å². The van der Waals surface area contributed by atoms with Crippen molar-refractivity contribution in [1.82, 2.24) is 19.3 Å². The van der Waals surface area contributed by atoms with Crippen LogP contribution >= 0.6 is 0 Å². The van der Waals surface area contributed by atoms with Gasteiger partial charge in [0.2, 0.25) is 0 Å². The Hall–Kier alpha value is -5.73. The molecule has 48 heavy (non-hydrogen) atoms. The monoisotopic (exact) mass is 673 g/mol. The highest BCUT2D eigenvalue weighted by molar-refractivity contribution is 7.85. The number of nitrogens with zero attached hydrogens (tertiary/aromatic N) is 4. The third-order valence-corrected chi connectivity index (χ3v) is 7.07. The van der Waals surface area contributed by atoms with Gasteiger partial charge in [-0.25, -0.2) is 8.78 Å². The first-order valence-electron chi connectivity index (χ1n) is 14.3. The van der Waals surface area contributed by atoms with Crippen LogP contribution in [0.15, 0.2) is 96.1 Å². The molecular formula is C34H29F2N5O6S. The summed E-state index contributed by atoms with van der Waals surface area (Å²) in [5.74, 6) is -1.51. The van der Waals surface area contributed by atoms with Crippen molar-refractivity contribution < 1.29 is 31.3 Å². The van der Waals surface area contributed by atoms with Crippen LogP contribution in [-0.2, 0) is 17.2 Å². The van der Waals surface area contributed by atoms with E-state index in [-0.39, 0.29) is 17.0 Å². The maximum atomic E-state index is 15.4. The van der Waals surface area contributed by atoms with E-state index in [0.29, 0.717) is 23.4 Å². The van der Waals surface area contributed by atoms with Crippen molar-refractivity contribution in [3.05, 3.63) is 130 Å². The summed E-state index contributed by atoms with van der Waals surface area (Å²) in [6.07, 6.45) is 4.11. The number of anilines is 1. The van der Waals surface area contributed by atoms with E-state index >= 15 is 4.39 Å².